The summed E-state index contributed by atoms with van der Waals surface area (Å²) in [5, 5.41) is 1.08. The maximum Gasteiger partial charge on any atom is 0.315 e. The van der Waals surface area contributed by atoms with E-state index >= 15 is 0 Å². The molecule has 1 atom stereocenters. The molecule has 0 fully saturated rings. The molecular formula is C29H28N2O5. The molecule has 1 aliphatic heterocycles. The fraction of sp³-hybridized carbons (Fsp3) is 0.241. The van der Waals surface area contributed by atoms with Crippen LogP contribution in [-0.4, -0.2) is 42.5 Å². The Labute approximate surface area is 209 Å². The molecule has 0 saturated carbocycles. The van der Waals surface area contributed by atoms with E-state index in [0.717, 1.165) is 44.8 Å². The van der Waals surface area contributed by atoms with Gasteiger partial charge in [-0.3, -0.25) is 9.59 Å². The fourth-order valence-electron chi connectivity index (χ4n) is 4.79. The first kappa shape index (κ1) is 23.5. The van der Waals surface area contributed by atoms with Crippen LogP contribution in [0.4, 0.5) is 0 Å². The molecule has 36 heavy (non-hydrogen) atoms. The Morgan fingerprint density at radius 2 is 1.72 bits per heavy atom. The van der Waals surface area contributed by atoms with Crippen LogP contribution in [-0.2, 0) is 27.4 Å². The molecule has 0 radical (unpaired) electrons. The van der Waals surface area contributed by atoms with Crippen LogP contribution >= 0.6 is 0 Å². The molecule has 0 saturated heterocycles. The average Bonchev–Trinajstić information content (AvgIpc) is 3.30. The van der Waals surface area contributed by atoms with Gasteiger partial charge in [0, 0.05) is 23.1 Å². The number of nitrogens with one attached hydrogen (secondary N) is 1. The summed E-state index contributed by atoms with van der Waals surface area (Å²) < 4.78 is 16.1. The van der Waals surface area contributed by atoms with E-state index in [4.69, 9.17) is 14.2 Å². The number of carbonyl (C=O) groups is 2. The van der Waals surface area contributed by atoms with Gasteiger partial charge in [-0.1, -0.05) is 42.5 Å². The summed E-state index contributed by atoms with van der Waals surface area (Å²) >= 11 is 0. The number of amides is 1. The quantitative estimate of drug-likeness (QED) is 0.301. The van der Waals surface area contributed by atoms with Crippen LogP contribution in [0.15, 0.2) is 72.8 Å². The lowest BCUT2D eigenvalue weighted by Gasteiger charge is -2.36. The van der Waals surface area contributed by atoms with Crippen molar-refractivity contribution in [3.63, 3.8) is 0 Å². The summed E-state index contributed by atoms with van der Waals surface area (Å²) in [6.07, 6.45) is 0.374. The van der Waals surface area contributed by atoms with E-state index in [1.165, 1.54) is 7.11 Å². The number of hydrogen-bond acceptors (Lipinski definition) is 5. The minimum Gasteiger partial charge on any atom is -0.497 e. The minimum absolute atomic E-state index is 0.266. The topological polar surface area (TPSA) is 80.9 Å². The molecule has 0 bridgehead atoms. The summed E-state index contributed by atoms with van der Waals surface area (Å²) in [7, 11) is 2.94. The van der Waals surface area contributed by atoms with Gasteiger partial charge in [-0.15, -0.1) is 0 Å². The minimum atomic E-state index is -0.546. The molecule has 1 amide bonds. The molecule has 1 N–H and O–H groups in total. The van der Waals surface area contributed by atoms with E-state index in [1.807, 2.05) is 72.8 Å². The van der Waals surface area contributed by atoms with Gasteiger partial charge in [-0.25, -0.2) is 0 Å². The molecule has 1 aliphatic rings. The van der Waals surface area contributed by atoms with Gasteiger partial charge in [0.25, 0.3) is 0 Å². The highest BCUT2D eigenvalue weighted by atomic mass is 16.5. The number of carbonyl (C=O) groups excluding carboxylic acids is 2. The molecule has 0 aliphatic carbocycles. The smallest absolute Gasteiger partial charge is 0.315 e. The Morgan fingerprint density at radius 1 is 0.972 bits per heavy atom. The Bertz CT molecular complexity index is 1380. The van der Waals surface area contributed by atoms with Crippen molar-refractivity contribution in [2.24, 2.45) is 0 Å². The molecule has 3 aromatic carbocycles. The van der Waals surface area contributed by atoms with Crippen molar-refractivity contribution >= 4 is 22.8 Å². The zero-order chi connectivity index (χ0) is 25.1. The second kappa shape index (κ2) is 10.2. The third-order valence-electron chi connectivity index (χ3n) is 6.62. The first-order valence-corrected chi connectivity index (χ1v) is 11.9. The van der Waals surface area contributed by atoms with Gasteiger partial charge < -0.3 is 24.1 Å². The van der Waals surface area contributed by atoms with Crippen molar-refractivity contribution in [3.8, 4) is 11.5 Å². The molecule has 1 unspecified atom stereocenters. The first-order chi connectivity index (χ1) is 17.6. The zero-order valence-electron chi connectivity index (χ0n) is 20.3. The molecule has 7 nitrogen and oxygen atoms in total. The van der Waals surface area contributed by atoms with Crippen molar-refractivity contribution in [2.75, 3.05) is 20.8 Å². The Morgan fingerprint density at radius 3 is 2.44 bits per heavy atom. The van der Waals surface area contributed by atoms with E-state index < -0.39 is 5.97 Å². The number of esters is 1. The Balaban J connectivity index is 1.48. The Hall–Kier alpha value is -4.26. The molecular weight excluding hydrogens is 456 g/mol. The normalized spacial score (nSPS) is 14.8. The number of nitrogens with zero attached hydrogens (tertiary/aromatic N) is 1. The van der Waals surface area contributed by atoms with E-state index in [1.54, 1.807) is 12.0 Å². The van der Waals surface area contributed by atoms with Gasteiger partial charge in [0.2, 0.25) is 5.91 Å². The number of rotatable bonds is 7. The molecule has 2 heterocycles. The maximum atomic E-state index is 13.2. The number of aromatic amines is 1. The third-order valence-corrected chi connectivity index (χ3v) is 6.62. The highest BCUT2D eigenvalue weighted by Crippen LogP contribution is 2.40. The number of ether oxygens (including phenoxy) is 3. The standard InChI is InChI=1S/C29H28N2O5/c1-34-22-12-13-25-24(16-22)23-14-15-31(26(32)17-27(33)35-2)29(28(23)30-25)20-8-10-21(11-9-20)36-18-19-6-4-3-5-7-19/h3-13,16,29-30H,14-15,17-18H2,1-2H3. The predicted molar refractivity (Wildman–Crippen MR) is 136 cm³/mol. The molecule has 1 aromatic heterocycles. The number of aromatic nitrogens is 1. The van der Waals surface area contributed by atoms with Gasteiger partial charge in [-0.05, 0) is 53.4 Å². The van der Waals surface area contributed by atoms with E-state index in [2.05, 4.69) is 4.98 Å². The van der Waals surface area contributed by atoms with E-state index in [-0.39, 0.29) is 18.4 Å². The molecule has 4 aromatic rings. The number of H-pyrrole nitrogens is 1. The van der Waals surface area contributed by atoms with Crippen LogP contribution in [0.3, 0.4) is 0 Å². The van der Waals surface area contributed by atoms with Crippen LogP contribution in [0.25, 0.3) is 10.9 Å². The molecule has 7 heteroatoms. The number of fused-ring (bicyclic) bond motifs is 3. The van der Waals surface area contributed by atoms with Crippen LogP contribution in [0.1, 0.15) is 34.8 Å². The SMILES string of the molecule is COC(=O)CC(=O)N1CCc2c([nH]c3ccc(OC)cc23)C1c1ccc(OCc2ccccc2)cc1. The lowest BCUT2D eigenvalue weighted by Crippen LogP contribution is -2.41. The third kappa shape index (κ3) is 4.64. The molecule has 0 spiro atoms. The zero-order valence-corrected chi connectivity index (χ0v) is 20.3. The first-order valence-electron chi connectivity index (χ1n) is 11.9. The van der Waals surface area contributed by atoms with Crippen LogP contribution in [0.2, 0.25) is 0 Å². The Kier molecular flexibility index (Phi) is 6.62. The highest BCUT2D eigenvalue weighted by Gasteiger charge is 2.35. The van der Waals surface area contributed by atoms with Gasteiger partial charge in [0.15, 0.2) is 0 Å². The maximum absolute atomic E-state index is 13.2. The summed E-state index contributed by atoms with van der Waals surface area (Å²) in [5.41, 5.74) is 5.10. The van der Waals surface area contributed by atoms with E-state index in [9.17, 15) is 9.59 Å². The number of hydrogen-bond donors (Lipinski definition) is 1. The number of methoxy groups -OCH3 is 2. The molecule has 5 rings (SSSR count). The second-order valence-corrected chi connectivity index (χ2v) is 8.76. The van der Waals surface area contributed by atoms with Crippen molar-refractivity contribution < 1.29 is 23.8 Å². The molecule has 184 valence electrons. The highest BCUT2D eigenvalue weighted by molar-refractivity contribution is 5.95. The lowest BCUT2D eigenvalue weighted by atomic mass is 9.92. The summed E-state index contributed by atoms with van der Waals surface area (Å²) in [6, 6.07) is 23.3. The van der Waals surface area contributed by atoms with Crippen molar-refractivity contribution in [1.82, 2.24) is 9.88 Å². The average molecular weight is 485 g/mol. The van der Waals surface area contributed by atoms with Crippen molar-refractivity contribution in [1.29, 1.82) is 0 Å². The van der Waals surface area contributed by atoms with Crippen LogP contribution in [0.5, 0.6) is 11.5 Å². The van der Waals surface area contributed by atoms with Gasteiger partial charge >= 0.3 is 5.97 Å². The largest absolute Gasteiger partial charge is 0.497 e. The van der Waals surface area contributed by atoms with Crippen molar-refractivity contribution in [3.05, 3.63) is 95.2 Å². The van der Waals surface area contributed by atoms with E-state index in [0.29, 0.717) is 19.6 Å². The fourth-order valence-corrected chi connectivity index (χ4v) is 4.79. The predicted octanol–water partition coefficient (Wildman–Crippen LogP) is 4.79. The lowest BCUT2D eigenvalue weighted by molar-refractivity contribution is -0.147. The monoisotopic (exact) mass is 484 g/mol. The van der Waals surface area contributed by atoms with Gasteiger partial charge in [0.1, 0.15) is 24.5 Å². The van der Waals surface area contributed by atoms with Gasteiger partial charge in [0.05, 0.1) is 20.3 Å². The second-order valence-electron chi connectivity index (χ2n) is 8.76. The summed E-state index contributed by atoms with van der Waals surface area (Å²) in [4.78, 5) is 30.3. The number of benzene rings is 3. The van der Waals surface area contributed by atoms with Crippen molar-refractivity contribution in [2.45, 2.75) is 25.5 Å². The summed E-state index contributed by atoms with van der Waals surface area (Å²) in [5.74, 6) is 0.714. The van der Waals surface area contributed by atoms with Crippen LogP contribution < -0.4 is 9.47 Å². The van der Waals surface area contributed by atoms with Crippen LogP contribution in [0, 0.1) is 0 Å². The van der Waals surface area contributed by atoms with Gasteiger partial charge in [-0.2, -0.15) is 0 Å². The summed E-state index contributed by atoms with van der Waals surface area (Å²) in [6.45, 7) is 0.964.